The molecule has 0 saturated heterocycles. The van der Waals surface area contributed by atoms with Crippen LogP contribution in [-0.4, -0.2) is 31.3 Å². The molecule has 0 spiro atoms. The monoisotopic (exact) mass is 395 g/mol. The molecule has 2 heterocycles. The van der Waals surface area contributed by atoms with Crippen molar-refractivity contribution in [2.75, 3.05) is 5.75 Å². The zero-order chi connectivity index (χ0) is 18.8. The molecule has 3 aromatic rings. The number of carbonyl (C=O) groups excluding carboxylic acids is 1. The number of para-hydroxylation sites is 1. The van der Waals surface area contributed by atoms with E-state index in [1.165, 1.54) is 23.1 Å². The number of nitriles is 1. The van der Waals surface area contributed by atoms with Crippen LogP contribution in [0.4, 0.5) is 0 Å². The van der Waals surface area contributed by atoms with Crippen LogP contribution in [0.1, 0.15) is 41.2 Å². The summed E-state index contributed by atoms with van der Waals surface area (Å²) in [5.74, 6) is 0.549. The SMILES string of the molecule is Cc1csc([C@@H](C#N)C(=O)CSc2nc(C3CC3)n(-c3ccccc3)n2)n1. The molecule has 1 atom stereocenters. The number of ketones is 1. The van der Waals surface area contributed by atoms with Gasteiger partial charge in [0.05, 0.1) is 17.5 Å². The fourth-order valence-electron chi connectivity index (χ4n) is 2.72. The van der Waals surface area contributed by atoms with Crippen LogP contribution in [0.15, 0.2) is 40.9 Å². The molecule has 1 aliphatic carbocycles. The van der Waals surface area contributed by atoms with Crippen molar-refractivity contribution < 1.29 is 4.79 Å². The van der Waals surface area contributed by atoms with Gasteiger partial charge in [-0.15, -0.1) is 16.4 Å². The van der Waals surface area contributed by atoms with E-state index in [2.05, 4.69) is 21.1 Å². The third-order valence-corrected chi connectivity index (χ3v) is 6.12. The van der Waals surface area contributed by atoms with Gasteiger partial charge in [-0.2, -0.15) is 5.26 Å². The average molecular weight is 396 g/mol. The molecule has 136 valence electrons. The Morgan fingerprint density at radius 2 is 2.15 bits per heavy atom. The highest BCUT2D eigenvalue weighted by atomic mass is 32.2. The number of carbonyl (C=O) groups is 1. The molecule has 27 heavy (non-hydrogen) atoms. The van der Waals surface area contributed by atoms with Crippen molar-refractivity contribution in [3.8, 4) is 11.8 Å². The van der Waals surface area contributed by atoms with Crippen molar-refractivity contribution in [2.24, 2.45) is 0 Å². The Hall–Kier alpha value is -2.50. The maximum absolute atomic E-state index is 12.5. The van der Waals surface area contributed by atoms with Crippen molar-refractivity contribution >= 4 is 28.9 Å². The van der Waals surface area contributed by atoms with Crippen molar-refractivity contribution in [1.29, 1.82) is 5.26 Å². The average Bonchev–Trinajstić information content (AvgIpc) is 3.31. The topological polar surface area (TPSA) is 84.5 Å². The number of benzene rings is 1. The second-order valence-electron chi connectivity index (χ2n) is 6.42. The zero-order valence-electron chi connectivity index (χ0n) is 14.7. The summed E-state index contributed by atoms with van der Waals surface area (Å²) < 4.78 is 1.87. The van der Waals surface area contributed by atoms with Crippen molar-refractivity contribution in [1.82, 2.24) is 19.7 Å². The number of hydrogen-bond acceptors (Lipinski definition) is 7. The Morgan fingerprint density at radius 1 is 1.37 bits per heavy atom. The lowest BCUT2D eigenvalue weighted by Crippen LogP contribution is -2.13. The highest BCUT2D eigenvalue weighted by molar-refractivity contribution is 7.99. The molecule has 0 bridgehead atoms. The van der Waals surface area contributed by atoms with Crippen molar-refractivity contribution in [2.45, 2.75) is 36.8 Å². The number of Topliss-reactive ketones (excluding diaryl/α,β-unsaturated/α-hetero) is 1. The molecule has 0 radical (unpaired) electrons. The van der Waals surface area contributed by atoms with Gasteiger partial charge < -0.3 is 0 Å². The van der Waals surface area contributed by atoms with Gasteiger partial charge in [-0.25, -0.2) is 14.6 Å². The van der Waals surface area contributed by atoms with Crippen LogP contribution >= 0.6 is 23.1 Å². The lowest BCUT2D eigenvalue weighted by molar-refractivity contribution is -0.116. The molecule has 1 fully saturated rings. The normalized spacial score (nSPS) is 14.7. The van der Waals surface area contributed by atoms with E-state index in [4.69, 9.17) is 0 Å². The summed E-state index contributed by atoms with van der Waals surface area (Å²) >= 11 is 2.63. The maximum atomic E-state index is 12.5. The molecular formula is C19H17N5OS2. The van der Waals surface area contributed by atoms with Crippen LogP contribution in [0, 0.1) is 18.3 Å². The quantitative estimate of drug-likeness (QED) is 0.565. The van der Waals surface area contributed by atoms with Gasteiger partial charge in [-0.1, -0.05) is 30.0 Å². The fourth-order valence-corrected chi connectivity index (χ4v) is 4.32. The highest BCUT2D eigenvalue weighted by Crippen LogP contribution is 2.40. The zero-order valence-corrected chi connectivity index (χ0v) is 16.3. The number of thiazole rings is 1. The molecule has 0 aliphatic heterocycles. The number of nitrogens with zero attached hydrogens (tertiary/aromatic N) is 5. The first-order valence-electron chi connectivity index (χ1n) is 8.65. The molecule has 0 unspecified atom stereocenters. The van der Waals surface area contributed by atoms with Gasteiger partial charge in [0, 0.05) is 17.0 Å². The van der Waals surface area contributed by atoms with Crippen LogP contribution in [0.5, 0.6) is 0 Å². The minimum absolute atomic E-state index is 0.153. The predicted molar refractivity (Wildman–Crippen MR) is 104 cm³/mol. The first-order valence-corrected chi connectivity index (χ1v) is 10.5. The number of thioether (sulfide) groups is 1. The molecule has 0 amide bonds. The van der Waals surface area contributed by atoms with Crippen molar-refractivity contribution in [3.63, 3.8) is 0 Å². The van der Waals surface area contributed by atoms with Gasteiger partial charge in [-0.05, 0) is 31.9 Å². The van der Waals surface area contributed by atoms with Gasteiger partial charge in [0.1, 0.15) is 10.8 Å². The number of aryl methyl sites for hydroxylation is 1. The Balaban J connectivity index is 1.50. The van der Waals surface area contributed by atoms with Gasteiger partial charge in [0.25, 0.3) is 0 Å². The number of rotatable bonds is 7. The maximum Gasteiger partial charge on any atom is 0.209 e. The van der Waals surface area contributed by atoms with Gasteiger partial charge in [-0.3, -0.25) is 4.79 Å². The first kappa shape index (κ1) is 17.9. The van der Waals surface area contributed by atoms with Crippen LogP contribution in [0.25, 0.3) is 5.69 Å². The summed E-state index contributed by atoms with van der Waals surface area (Å²) in [6, 6.07) is 12.0. The van der Waals surface area contributed by atoms with Gasteiger partial charge in [0.15, 0.2) is 11.7 Å². The van der Waals surface area contributed by atoms with E-state index in [-0.39, 0.29) is 11.5 Å². The van der Waals surface area contributed by atoms with Gasteiger partial charge in [0.2, 0.25) is 5.16 Å². The van der Waals surface area contributed by atoms with E-state index in [1.54, 1.807) is 0 Å². The van der Waals surface area contributed by atoms with E-state index in [0.29, 0.717) is 16.1 Å². The van der Waals surface area contributed by atoms with Crippen LogP contribution in [-0.2, 0) is 4.79 Å². The van der Waals surface area contributed by atoms with Crippen LogP contribution < -0.4 is 0 Å². The summed E-state index contributed by atoms with van der Waals surface area (Å²) in [5, 5.41) is 17.0. The third-order valence-electron chi connectivity index (χ3n) is 4.23. The van der Waals surface area contributed by atoms with E-state index in [9.17, 15) is 10.1 Å². The smallest absolute Gasteiger partial charge is 0.209 e. The summed E-state index contributed by atoms with van der Waals surface area (Å²) in [5.41, 5.74) is 1.80. The lowest BCUT2D eigenvalue weighted by atomic mass is 10.1. The second-order valence-corrected chi connectivity index (χ2v) is 8.25. The molecule has 2 aromatic heterocycles. The fraction of sp³-hybridized carbons (Fsp3) is 0.316. The highest BCUT2D eigenvalue weighted by Gasteiger charge is 2.31. The number of hydrogen-bond donors (Lipinski definition) is 0. The van der Waals surface area contributed by atoms with Gasteiger partial charge >= 0.3 is 0 Å². The second kappa shape index (κ2) is 7.62. The lowest BCUT2D eigenvalue weighted by Gasteiger charge is -2.04. The van der Waals surface area contributed by atoms with E-state index >= 15 is 0 Å². The molecule has 1 saturated carbocycles. The molecule has 0 N–H and O–H groups in total. The summed E-state index contributed by atoms with van der Waals surface area (Å²) in [4.78, 5) is 21.5. The third kappa shape index (κ3) is 3.94. The molecule has 8 heteroatoms. The Labute approximate surface area is 165 Å². The summed E-state index contributed by atoms with van der Waals surface area (Å²) in [6.45, 7) is 1.85. The van der Waals surface area contributed by atoms with E-state index in [1.807, 2.05) is 47.3 Å². The summed E-state index contributed by atoms with van der Waals surface area (Å²) in [7, 11) is 0. The van der Waals surface area contributed by atoms with Crippen LogP contribution in [0.2, 0.25) is 0 Å². The Morgan fingerprint density at radius 3 is 2.78 bits per heavy atom. The predicted octanol–water partition coefficient (Wildman–Crippen LogP) is 3.88. The molecule has 1 aliphatic rings. The largest absolute Gasteiger partial charge is 0.297 e. The number of aromatic nitrogens is 4. The Bertz CT molecular complexity index is 1000. The minimum Gasteiger partial charge on any atom is -0.297 e. The minimum atomic E-state index is -0.824. The molecule has 1 aromatic carbocycles. The Kier molecular flexibility index (Phi) is 5.05. The first-order chi connectivity index (χ1) is 13.2. The molecule has 6 nitrogen and oxygen atoms in total. The van der Waals surface area contributed by atoms with E-state index in [0.717, 1.165) is 30.0 Å². The molecular weight excluding hydrogens is 378 g/mol. The van der Waals surface area contributed by atoms with Crippen molar-refractivity contribution in [3.05, 3.63) is 52.2 Å². The van der Waals surface area contributed by atoms with Crippen LogP contribution in [0.3, 0.4) is 0 Å². The standard InChI is InChI=1S/C19H17N5OS2/c1-12-10-26-18(21-12)15(9-20)16(25)11-27-19-22-17(13-7-8-13)24(23-19)14-5-3-2-4-6-14/h2-6,10,13,15H,7-8,11H2,1H3/t15-/m0/s1. The van der Waals surface area contributed by atoms with E-state index < -0.39 is 5.92 Å². The summed E-state index contributed by atoms with van der Waals surface area (Å²) in [6.07, 6.45) is 2.24. The molecule has 4 rings (SSSR count).